The molecule has 5 heteroatoms. The van der Waals surface area contributed by atoms with E-state index in [1.54, 1.807) is 6.07 Å². The van der Waals surface area contributed by atoms with Crippen molar-refractivity contribution in [2.45, 2.75) is 0 Å². The Labute approximate surface area is 95.0 Å². The topological polar surface area (TPSA) is 57.5 Å². The van der Waals surface area contributed by atoms with Gasteiger partial charge in [-0.1, -0.05) is 28.1 Å². The summed E-state index contributed by atoms with van der Waals surface area (Å²) in [5, 5.41) is 1.82. The van der Waals surface area contributed by atoms with Gasteiger partial charge in [-0.2, -0.15) is 0 Å². The molecule has 2 N–H and O–H groups in total. The molecule has 0 spiro atoms. The minimum absolute atomic E-state index is 0.0531. The molecule has 15 heavy (non-hydrogen) atoms. The quantitative estimate of drug-likeness (QED) is 0.792. The second-order valence-electron chi connectivity index (χ2n) is 3.22. The second-order valence-corrected chi connectivity index (χ2v) is 5.74. The van der Waals surface area contributed by atoms with Crippen molar-refractivity contribution < 1.29 is 14.4 Å². The van der Waals surface area contributed by atoms with Crippen molar-refractivity contribution >= 4 is 39.6 Å². The zero-order valence-corrected chi connectivity index (χ0v) is 10.1. The normalized spacial score (nSPS) is 11.9. The van der Waals surface area contributed by atoms with Crippen LogP contribution in [-0.2, 0) is 4.57 Å². The van der Waals surface area contributed by atoms with E-state index in [9.17, 15) is 4.57 Å². The van der Waals surface area contributed by atoms with Crippen LogP contribution in [0.3, 0.4) is 0 Å². The Morgan fingerprint density at radius 2 is 1.60 bits per heavy atom. The lowest BCUT2D eigenvalue weighted by Crippen LogP contribution is -2.02. The minimum Gasteiger partial charge on any atom is -0.321 e. The van der Waals surface area contributed by atoms with Crippen LogP contribution < -0.4 is 5.30 Å². The highest BCUT2D eigenvalue weighted by Crippen LogP contribution is 2.34. The van der Waals surface area contributed by atoms with Crippen molar-refractivity contribution in [1.82, 2.24) is 0 Å². The highest BCUT2D eigenvalue weighted by Gasteiger charge is 2.16. The predicted octanol–water partition coefficient (Wildman–Crippen LogP) is 2.41. The molecule has 78 valence electrons. The molecule has 0 aliphatic heterocycles. The fourth-order valence-corrected chi connectivity index (χ4v) is 2.34. The van der Waals surface area contributed by atoms with E-state index in [0.717, 1.165) is 15.2 Å². The number of benzene rings is 2. The molecule has 0 amide bonds. The van der Waals surface area contributed by atoms with Crippen LogP contribution in [-0.4, -0.2) is 9.79 Å². The van der Waals surface area contributed by atoms with Crippen LogP contribution in [0.25, 0.3) is 10.8 Å². The Bertz CT molecular complexity index is 562. The first-order valence-corrected chi connectivity index (χ1v) is 6.63. The molecule has 0 radical (unpaired) electrons. The molecule has 3 nitrogen and oxygen atoms in total. The van der Waals surface area contributed by atoms with Crippen molar-refractivity contribution in [3.8, 4) is 0 Å². The Balaban J connectivity index is 2.67. The van der Waals surface area contributed by atoms with Crippen molar-refractivity contribution in [2.75, 3.05) is 0 Å². The summed E-state index contributed by atoms with van der Waals surface area (Å²) in [7, 11) is -4.15. The van der Waals surface area contributed by atoms with Crippen LogP contribution in [0.5, 0.6) is 0 Å². The van der Waals surface area contributed by atoms with Crippen molar-refractivity contribution in [3.63, 3.8) is 0 Å². The van der Waals surface area contributed by atoms with E-state index in [4.69, 9.17) is 9.79 Å². The maximum absolute atomic E-state index is 11.0. The molecule has 0 atom stereocenters. The van der Waals surface area contributed by atoms with Crippen LogP contribution in [0.1, 0.15) is 0 Å². The van der Waals surface area contributed by atoms with Gasteiger partial charge in [0.1, 0.15) is 0 Å². The SMILES string of the molecule is O=P(O)(O)c1ccc2cc(Br)ccc2c1. The highest BCUT2D eigenvalue weighted by molar-refractivity contribution is 9.10. The molecule has 0 aliphatic rings. The number of fused-ring (bicyclic) bond motifs is 1. The van der Waals surface area contributed by atoms with Gasteiger partial charge in [0.25, 0.3) is 0 Å². The van der Waals surface area contributed by atoms with Crippen LogP contribution >= 0.6 is 23.5 Å². The van der Waals surface area contributed by atoms with Gasteiger partial charge in [0, 0.05) is 4.47 Å². The lowest BCUT2D eigenvalue weighted by molar-refractivity contribution is 0.387. The summed E-state index contributed by atoms with van der Waals surface area (Å²) in [6.07, 6.45) is 0. The molecule has 0 unspecified atom stereocenters. The van der Waals surface area contributed by atoms with Gasteiger partial charge in [0.15, 0.2) is 0 Å². The lowest BCUT2D eigenvalue weighted by atomic mass is 10.1. The molecule has 0 saturated carbocycles. The summed E-state index contributed by atoms with van der Waals surface area (Å²) >= 11 is 3.34. The molecule has 0 aromatic heterocycles. The first-order valence-electron chi connectivity index (χ1n) is 4.22. The Kier molecular flexibility index (Phi) is 2.69. The predicted molar refractivity (Wildman–Crippen MR) is 63.3 cm³/mol. The third-order valence-electron chi connectivity index (χ3n) is 2.12. The first kappa shape index (κ1) is 10.8. The van der Waals surface area contributed by atoms with Crippen molar-refractivity contribution in [1.29, 1.82) is 0 Å². The summed E-state index contributed by atoms with van der Waals surface area (Å²) in [4.78, 5) is 18.0. The second kappa shape index (κ2) is 3.72. The Morgan fingerprint density at radius 3 is 2.27 bits per heavy atom. The van der Waals surface area contributed by atoms with E-state index in [0.29, 0.717) is 0 Å². The number of hydrogen-bond acceptors (Lipinski definition) is 1. The summed E-state index contributed by atoms with van der Waals surface area (Å²) < 4.78 is 12.0. The van der Waals surface area contributed by atoms with Gasteiger partial charge < -0.3 is 9.79 Å². The standard InChI is InChI=1S/C10H8BrO3P/c11-9-3-1-8-6-10(15(12,13)14)4-2-7(8)5-9/h1-6H,(H2,12,13,14). The maximum Gasteiger partial charge on any atom is 0.356 e. The largest absolute Gasteiger partial charge is 0.356 e. The molecule has 0 heterocycles. The molecule has 0 bridgehead atoms. The summed E-state index contributed by atoms with van der Waals surface area (Å²) in [6, 6.07) is 10.2. The van der Waals surface area contributed by atoms with Gasteiger partial charge in [0.05, 0.1) is 5.30 Å². The Hall–Kier alpha value is -0.670. The van der Waals surface area contributed by atoms with E-state index in [-0.39, 0.29) is 5.30 Å². The molecule has 2 rings (SSSR count). The summed E-state index contributed by atoms with van der Waals surface area (Å²) in [5.74, 6) is 0. The third-order valence-corrected chi connectivity index (χ3v) is 3.57. The third kappa shape index (κ3) is 2.29. The Morgan fingerprint density at radius 1 is 1.00 bits per heavy atom. The smallest absolute Gasteiger partial charge is 0.321 e. The van der Waals surface area contributed by atoms with E-state index < -0.39 is 7.60 Å². The van der Waals surface area contributed by atoms with Gasteiger partial charge in [0.2, 0.25) is 0 Å². The first-order chi connectivity index (χ1) is 6.97. The zero-order chi connectivity index (χ0) is 11.1. The van der Waals surface area contributed by atoms with Crippen LogP contribution in [0.15, 0.2) is 40.9 Å². The average Bonchev–Trinajstić information content (AvgIpc) is 2.15. The molecule has 0 aliphatic carbocycles. The van der Waals surface area contributed by atoms with Gasteiger partial charge in [-0.3, -0.25) is 4.57 Å². The summed E-state index contributed by atoms with van der Waals surface area (Å²) in [5.41, 5.74) is 0. The van der Waals surface area contributed by atoms with Crippen LogP contribution in [0.2, 0.25) is 0 Å². The van der Waals surface area contributed by atoms with Gasteiger partial charge in [-0.05, 0) is 35.0 Å². The molecule has 0 fully saturated rings. The minimum atomic E-state index is -4.15. The van der Waals surface area contributed by atoms with E-state index in [2.05, 4.69) is 15.9 Å². The van der Waals surface area contributed by atoms with Gasteiger partial charge in [-0.15, -0.1) is 0 Å². The van der Waals surface area contributed by atoms with Crippen molar-refractivity contribution in [3.05, 3.63) is 40.9 Å². The van der Waals surface area contributed by atoms with E-state index in [1.165, 1.54) is 12.1 Å². The summed E-state index contributed by atoms with van der Waals surface area (Å²) in [6.45, 7) is 0. The maximum atomic E-state index is 11.0. The molecule has 2 aromatic rings. The fraction of sp³-hybridized carbons (Fsp3) is 0. The van der Waals surface area contributed by atoms with Gasteiger partial charge >= 0.3 is 7.60 Å². The number of hydrogen-bond donors (Lipinski definition) is 2. The molecule has 2 aromatic carbocycles. The molecule has 0 saturated heterocycles. The van der Waals surface area contributed by atoms with Crippen LogP contribution in [0, 0.1) is 0 Å². The molecular formula is C10H8BrO3P. The number of rotatable bonds is 1. The average molecular weight is 287 g/mol. The van der Waals surface area contributed by atoms with Gasteiger partial charge in [-0.25, -0.2) is 0 Å². The fourth-order valence-electron chi connectivity index (χ4n) is 1.39. The highest BCUT2D eigenvalue weighted by atomic mass is 79.9. The van der Waals surface area contributed by atoms with Crippen LogP contribution in [0.4, 0.5) is 0 Å². The lowest BCUT2D eigenvalue weighted by Gasteiger charge is -2.05. The van der Waals surface area contributed by atoms with Crippen molar-refractivity contribution in [2.24, 2.45) is 0 Å². The van der Waals surface area contributed by atoms with E-state index >= 15 is 0 Å². The molecular weight excluding hydrogens is 279 g/mol. The number of halogens is 1. The zero-order valence-electron chi connectivity index (χ0n) is 7.59. The van der Waals surface area contributed by atoms with E-state index in [1.807, 2.05) is 18.2 Å². The monoisotopic (exact) mass is 286 g/mol.